The van der Waals surface area contributed by atoms with Crippen LogP contribution in [0.3, 0.4) is 0 Å². The van der Waals surface area contributed by atoms with Gasteiger partial charge in [-0.3, -0.25) is 4.55 Å². The molecule has 6 rings (SSSR count). The van der Waals surface area contributed by atoms with E-state index in [0.29, 0.717) is 0 Å². The molecule has 22 nitrogen and oxygen atoms in total. The van der Waals surface area contributed by atoms with Crippen LogP contribution >= 0.6 is 0 Å². The van der Waals surface area contributed by atoms with Crippen LogP contribution in [0.4, 0.5) is 0 Å². The molecule has 6 aliphatic rings. The van der Waals surface area contributed by atoms with Gasteiger partial charge >= 0.3 is 0 Å². The van der Waals surface area contributed by atoms with Crippen molar-refractivity contribution in [3.8, 4) is 0 Å². The predicted molar refractivity (Wildman–Crippen MR) is 152 cm³/mol. The molecule has 4 bridgehead atoms. The third kappa shape index (κ3) is 6.62. The molecule has 1 unspecified atom stereocenters. The Morgan fingerprint density at radius 2 is 1.28 bits per heavy atom. The predicted octanol–water partition coefficient (Wildman–Crippen LogP) is -7.62. The average molecular weight is 753 g/mol. The Labute approximate surface area is 284 Å². The number of hydrogen-bond donors (Lipinski definition) is 11. The molecule has 290 valence electrons. The van der Waals surface area contributed by atoms with E-state index in [1.807, 2.05) is 0 Å². The van der Waals surface area contributed by atoms with Crippen molar-refractivity contribution >= 4 is 10.1 Å². The molecule has 0 saturated carbocycles. The molecule has 6 heterocycles. The van der Waals surface area contributed by atoms with E-state index in [1.54, 1.807) is 0 Å². The normalized spacial score (nSPS) is 53.0. The van der Waals surface area contributed by atoms with Crippen molar-refractivity contribution in [1.82, 2.24) is 0 Å². The first-order chi connectivity index (χ1) is 23.6. The summed E-state index contributed by atoms with van der Waals surface area (Å²) in [5.74, 6) is -2.85. The standard InChI is InChI=1S/C27H44O22S/c1-2-11(50(38,39)40)27(23(36)14(32)12(30)8(4-29)48-27)49-19-10-6-42-22(19)17(35)26(45-10)47-20-13(31)7(3-28)44-25(16(20)34)46-18-9-5-41-21(18)15(33)24(37)43-9/h7-26,28-37H,2-6H2,1H3,(H,38,39,40)/t7-,8-,9+,10+,11?,12+,13-,14+,15+,16-,17+,18+,19+,20+,21+,22+,23-,24-,25+,26+,27-/m1/s1. The van der Waals surface area contributed by atoms with Crippen molar-refractivity contribution in [1.29, 1.82) is 0 Å². The fourth-order valence-electron chi connectivity index (χ4n) is 7.44. The molecule has 0 aromatic carbocycles. The Balaban J connectivity index is 1.21. The second-order valence-corrected chi connectivity index (χ2v) is 14.7. The zero-order valence-corrected chi connectivity index (χ0v) is 27.2. The molecule has 23 heteroatoms. The van der Waals surface area contributed by atoms with E-state index in [0.717, 1.165) is 0 Å². The number of hydrogen-bond acceptors (Lipinski definition) is 21. The van der Waals surface area contributed by atoms with Gasteiger partial charge in [0.15, 0.2) is 18.9 Å². The van der Waals surface area contributed by atoms with Crippen LogP contribution in [0.2, 0.25) is 0 Å². The molecular weight excluding hydrogens is 708 g/mol. The van der Waals surface area contributed by atoms with Crippen LogP contribution in [0.15, 0.2) is 0 Å². The molecule has 0 amide bonds. The SMILES string of the molecule is CCC([C@]1(O[C@@H]2[C@H]3OC[C@@H]2O[C@@H](O[C@@H]2[C@@H](O)[C@H](O[C@@H]4[C@H]5OC[C@@H]4O[C@@H](O)[C@H]5O)O[C@H](CO)[C@H]2O)[C@H]3O)O[C@H](CO)[C@H](O)[C@H](O)[C@H]1O)S(=O)(=O)O. The first-order valence-corrected chi connectivity index (χ1v) is 17.6. The van der Waals surface area contributed by atoms with Crippen LogP contribution in [0, 0.1) is 0 Å². The van der Waals surface area contributed by atoms with Gasteiger partial charge in [0.25, 0.3) is 10.1 Å². The van der Waals surface area contributed by atoms with Gasteiger partial charge in [0.05, 0.1) is 26.4 Å². The van der Waals surface area contributed by atoms with E-state index in [2.05, 4.69) is 0 Å². The lowest BCUT2D eigenvalue weighted by Crippen LogP contribution is -2.73. The van der Waals surface area contributed by atoms with E-state index >= 15 is 0 Å². The highest BCUT2D eigenvalue weighted by molar-refractivity contribution is 7.86. The largest absolute Gasteiger partial charge is 0.394 e. The summed E-state index contributed by atoms with van der Waals surface area (Å²) >= 11 is 0. The lowest BCUT2D eigenvalue weighted by molar-refractivity contribution is -0.399. The van der Waals surface area contributed by atoms with Gasteiger partial charge < -0.3 is 93.7 Å². The summed E-state index contributed by atoms with van der Waals surface area (Å²) in [6.45, 7) is -0.875. The lowest BCUT2D eigenvalue weighted by atomic mass is 9.88. The first kappa shape index (κ1) is 38.9. The Hall–Kier alpha value is -0.850. The lowest BCUT2D eigenvalue weighted by Gasteiger charge is -2.52. The zero-order chi connectivity index (χ0) is 36.4. The molecular formula is C27H44O22S. The molecule has 21 atom stereocenters. The number of aliphatic hydroxyl groups is 10. The summed E-state index contributed by atoms with van der Waals surface area (Å²) < 4.78 is 86.1. The van der Waals surface area contributed by atoms with Gasteiger partial charge in [-0.05, 0) is 6.42 Å². The van der Waals surface area contributed by atoms with Crippen LogP contribution in [0.1, 0.15) is 13.3 Å². The maximum absolute atomic E-state index is 12.5. The van der Waals surface area contributed by atoms with Crippen molar-refractivity contribution in [2.45, 2.75) is 141 Å². The quantitative estimate of drug-likeness (QED) is 0.0873. The topological polar surface area (TPSA) is 340 Å². The van der Waals surface area contributed by atoms with Crippen molar-refractivity contribution in [3.05, 3.63) is 0 Å². The molecule has 0 spiro atoms. The molecule has 0 radical (unpaired) electrons. The van der Waals surface area contributed by atoms with Gasteiger partial charge in [0.2, 0.25) is 5.79 Å². The van der Waals surface area contributed by atoms with Gasteiger partial charge in [0, 0.05) is 0 Å². The van der Waals surface area contributed by atoms with Crippen molar-refractivity contribution in [3.63, 3.8) is 0 Å². The average Bonchev–Trinajstić information content (AvgIpc) is 3.55. The van der Waals surface area contributed by atoms with E-state index in [1.165, 1.54) is 6.92 Å². The van der Waals surface area contributed by atoms with Crippen LogP contribution in [0.25, 0.3) is 0 Å². The summed E-state index contributed by atoms with van der Waals surface area (Å²) in [7, 11) is -5.13. The second kappa shape index (κ2) is 14.8. The first-order valence-electron chi connectivity index (χ1n) is 16.1. The summed E-state index contributed by atoms with van der Waals surface area (Å²) in [6.07, 6.45) is -30.7. The maximum Gasteiger partial charge on any atom is 0.273 e. The number of ether oxygens (including phenoxy) is 9. The fraction of sp³-hybridized carbons (Fsp3) is 1.00. The van der Waals surface area contributed by atoms with Gasteiger partial charge in [-0.1, -0.05) is 6.92 Å². The van der Waals surface area contributed by atoms with E-state index in [4.69, 9.17) is 42.6 Å². The van der Waals surface area contributed by atoms with Crippen LogP contribution in [-0.2, 0) is 52.7 Å². The van der Waals surface area contributed by atoms with Gasteiger partial charge in [-0.25, -0.2) is 0 Å². The number of aliphatic hydroxyl groups excluding tert-OH is 10. The van der Waals surface area contributed by atoms with Gasteiger partial charge in [-0.2, -0.15) is 8.42 Å². The highest BCUT2D eigenvalue weighted by Crippen LogP contribution is 2.44. The molecule has 0 aliphatic carbocycles. The molecule has 0 aromatic heterocycles. The van der Waals surface area contributed by atoms with E-state index in [-0.39, 0.29) is 13.2 Å². The molecule has 6 saturated heterocycles. The molecule has 6 fully saturated rings. The molecule has 6 aliphatic heterocycles. The zero-order valence-electron chi connectivity index (χ0n) is 26.4. The highest BCUT2D eigenvalue weighted by Gasteiger charge is 2.65. The number of rotatable bonds is 11. The monoisotopic (exact) mass is 752 g/mol. The minimum Gasteiger partial charge on any atom is -0.394 e. The van der Waals surface area contributed by atoms with Crippen LogP contribution in [-0.4, -0.2) is 218 Å². The van der Waals surface area contributed by atoms with Crippen LogP contribution < -0.4 is 0 Å². The number of fused-ring (bicyclic) bond motifs is 4. The Bertz CT molecular complexity index is 1280. The summed E-state index contributed by atoms with van der Waals surface area (Å²) in [5, 5.41) is 103. The minimum absolute atomic E-state index is 0.0703. The molecule has 11 N–H and O–H groups in total. The van der Waals surface area contributed by atoms with Crippen molar-refractivity contribution in [2.24, 2.45) is 0 Å². The third-order valence-corrected chi connectivity index (χ3v) is 11.4. The fourth-order valence-corrected chi connectivity index (χ4v) is 8.53. The maximum atomic E-state index is 12.5. The summed E-state index contributed by atoms with van der Waals surface area (Å²) in [4.78, 5) is 0. The van der Waals surface area contributed by atoms with Gasteiger partial charge in [0.1, 0.15) is 103 Å². The summed E-state index contributed by atoms with van der Waals surface area (Å²) in [5.41, 5.74) is 0. The Kier molecular flexibility index (Phi) is 11.5. The van der Waals surface area contributed by atoms with E-state index < -0.39 is 157 Å². The van der Waals surface area contributed by atoms with Crippen molar-refractivity contribution < 1.29 is 107 Å². The smallest absolute Gasteiger partial charge is 0.273 e. The van der Waals surface area contributed by atoms with Crippen LogP contribution in [0.5, 0.6) is 0 Å². The Morgan fingerprint density at radius 3 is 1.88 bits per heavy atom. The Morgan fingerprint density at radius 1 is 0.700 bits per heavy atom. The molecule has 0 aromatic rings. The minimum atomic E-state index is -5.13. The van der Waals surface area contributed by atoms with Crippen molar-refractivity contribution in [2.75, 3.05) is 26.4 Å². The second-order valence-electron chi connectivity index (χ2n) is 13.1. The van der Waals surface area contributed by atoms with E-state index in [9.17, 15) is 64.0 Å². The van der Waals surface area contributed by atoms with Gasteiger partial charge in [-0.15, -0.1) is 0 Å². The molecule has 50 heavy (non-hydrogen) atoms. The third-order valence-electron chi connectivity index (χ3n) is 10.0. The highest BCUT2D eigenvalue weighted by atomic mass is 32.2. The summed E-state index contributed by atoms with van der Waals surface area (Å²) in [6, 6.07) is 0.